The molecule has 24 heavy (non-hydrogen) atoms. The molecule has 1 saturated heterocycles. The molecule has 0 atom stereocenters. The largest absolute Gasteiger partial charge is 0.383 e. The fourth-order valence-electron chi connectivity index (χ4n) is 3.84. The zero-order valence-electron chi connectivity index (χ0n) is 14.3. The molecule has 0 aliphatic carbocycles. The number of piperidine rings is 1. The lowest BCUT2D eigenvalue weighted by molar-refractivity contribution is -0.138. The Balaban J connectivity index is 1.83. The van der Waals surface area contributed by atoms with Crippen LogP contribution in [0.5, 0.6) is 0 Å². The molecular formula is C18H24N2O4. The summed E-state index contributed by atoms with van der Waals surface area (Å²) in [7, 11) is 3.16. The predicted octanol–water partition coefficient (Wildman–Crippen LogP) is 1.19. The van der Waals surface area contributed by atoms with E-state index in [0.717, 1.165) is 11.3 Å². The van der Waals surface area contributed by atoms with E-state index in [4.69, 9.17) is 9.47 Å². The van der Waals surface area contributed by atoms with Gasteiger partial charge in [-0.3, -0.25) is 9.59 Å². The average Bonchev–Trinajstić information content (AvgIpc) is 2.83. The monoisotopic (exact) mass is 332 g/mol. The summed E-state index contributed by atoms with van der Waals surface area (Å²) in [5.41, 5.74) is 1.56. The highest BCUT2D eigenvalue weighted by Crippen LogP contribution is 2.47. The fourth-order valence-corrected chi connectivity index (χ4v) is 3.84. The van der Waals surface area contributed by atoms with Crippen LogP contribution in [0.15, 0.2) is 24.3 Å². The molecule has 130 valence electrons. The first kappa shape index (κ1) is 16.9. The van der Waals surface area contributed by atoms with Crippen LogP contribution in [-0.4, -0.2) is 63.8 Å². The normalized spacial score (nSPS) is 19.0. The first-order chi connectivity index (χ1) is 11.6. The van der Waals surface area contributed by atoms with Gasteiger partial charge in [-0.2, -0.15) is 0 Å². The number of fused-ring (bicyclic) bond motifs is 2. The van der Waals surface area contributed by atoms with Gasteiger partial charge in [0.2, 0.25) is 11.8 Å². The van der Waals surface area contributed by atoms with Gasteiger partial charge >= 0.3 is 0 Å². The van der Waals surface area contributed by atoms with E-state index in [1.54, 1.807) is 12.0 Å². The van der Waals surface area contributed by atoms with Crippen molar-refractivity contribution < 1.29 is 19.1 Å². The van der Waals surface area contributed by atoms with E-state index in [1.165, 1.54) is 7.11 Å². The van der Waals surface area contributed by atoms with Crippen molar-refractivity contribution in [2.45, 2.75) is 18.3 Å². The fraction of sp³-hybridized carbons (Fsp3) is 0.556. The summed E-state index contributed by atoms with van der Waals surface area (Å²) in [5.74, 6) is 0.127. The molecule has 1 aromatic carbocycles. The van der Waals surface area contributed by atoms with E-state index in [2.05, 4.69) is 0 Å². The summed E-state index contributed by atoms with van der Waals surface area (Å²) in [4.78, 5) is 28.8. The highest BCUT2D eigenvalue weighted by molar-refractivity contribution is 6.08. The molecule has 1 aromatic rings. The number of likely N-dealkylation sites (tertiary alicyclic amines) is 1. The second kappa shape index (κ2) is 6.91. The zero-order valence-corrected chi connectivity index (χ0v) is 14.3. The lowest BCUT2D eigenvalue weighted by Crippen LogP contribution is -2.51. The molecular weight excluding hydrogens is 308 g/mol. The summed E-state index contributed by atoms with van der Waals surface area (Å²) in [6, 6.07) is 7.99. The minimum Gasteiger partial charge on any atom is -0.383 e. The van der Waals surface area contributed by atoms with Crippen molar-refractivity contribution >= 4 is 17.5 Å². The summed E-state index contributed by atoms with van der Waals surface area (Å²) >= 11 is 0. The number of rotatable bonds is 5. The number of benzene rings is 1. The molecule has 1 fully saturated rings. The van der Waals surface area contributed by atoms with Crippen LogP contribution in [0, 0.1) is 0 Å². The van der Waals surface area contributed by atoms with E-state index in [1.807, 2.05) is 29.2 Å². The predicted molar refractivity (Wildman–Crippen MR) is 90.0 cm³/mol. The molecule has 1 spiro atoms. The number of nitrogens with zero attached hydrogens (tertiary/aromatic N) is 2. The van der Waals surface area contributed by atoms with E-state index in [9.17, 15) is 9.59 Å². The Hall–Kier alpha value is -1.92. The van der Waals surface area contributed by atoms with Crippen molar-refractivity contribution in [1.29, 1.82) is 0 Å². The van der Waals surface area contributed by atoms with Crippen molar-refractivity contribution in [2.75, 3.05) is 52.0 Å². The number of ether oxygens (including phenoxy) is 2. The van der Waals surface area contributed by atoms with E-state index >= 15 is 0 Å². The molecule has 0 aromatic heterocycles. The minimum absolute atomic E-state index is 0.0117. The molecule has 2 heterocycles. The van der Waals surface area contributed by atoms with Crippen LogP contribution in [0.3, 0.4) is 0 Å². The molecule has 0 unspecified atom stereocenters. The SMILES string of the molecule is COCCN1C(=O)C2(CCN(C(=O)COC)CC2)c2ccccc21. The Morgan fingerprint density at radius 2 is 1.88 bits per heavy atom. The first-order valence-corrected chi connectivity index (χ1v) is 8.31. The van der Waals surface area contributed by atoms with Crippen LogP contribution in [0.25, 0.3) is 0 Å². The highest BCUT2D eigenvalue weighted by Gasteiger charge is 2.52. The highest BCUT2D eigenvalue weighted by atomic mass is 16.5. The van der Waals surface area contributed by atoms with Gasteiger partial charge in [0.05, 0.1) is 12.0 Å². The van der Waals surface area contributed by atoms with Gasteiger partial charge in [-0.25, -0.2) is 0 Å². The zero-order chi connectivity index (χ0) is 17.2. The number of hydrogen-bond donors (Lipinski definition) is 0. The lowest BCUT2D eigenvalue weighted by Gasteiger charge is -2.38. The standard InChI is InChI=1S/C18H24N2O4/c1-23-12-11-20-15-6-4-3-5-14(15)18(17(20)22)7-9-19(10-8-18)16(21)13-24-2/h3-6H,7-13H2,1-2H3. The average molecular weight is 332 g/mol. The molecule has 3 rings (SSSR count). The Labute approximate surface area is 142 Å². The van der Waals surface area contributed by atoms with Crippen LogP contribution >= 0.6 is 0 Å². The van der Waals surface area contributed by atoms with Gasteiger partial charge in [0.25, 0.3) is 0 Å². The summed E-state index contributed by atoms with van der Waals surface area (Å²) in [6.45, 7) is 2.33. The molecule has 0 radical (unpaired) electrons. The molecule has 0 saturated carbocycles. The van der Waals surface area contributed by atoms with Gasteiger partial charge in [-0.1, -0.05) is 18.2 Å². The number of methoxy groups -OCH3 is 2. The van der Waals surface area contributed by atoms with Gasteiger partial charge in [0.1, 0.15) is 6.61 Å². The number of hydrogen-bond acceptors (Lipinski definition) is 4. The second-order valence-electron chi connectivity index (χ2n) is 6.36. The van der Waals surface area contributed by atoms with Gasteiger partial charge in [-0.15, -0.1) is 0 Å². The molecule has 0 bridgehead atoms. The number of carbonyl (C=O) groups excluding carboxylic acids is 2. The van der Waals surface area contributed by atoms with E-state index < -0.39 is 5.41 Å². The Morgan fingerprint density at radius 1 is 1.17 bits per heavy atom. The van der Waals surface area contributed by atoms with Crippen molar-refractivity contribution in [3.63, 3.8) is 0 Å². The number of carbonyl (C=O) groups is 2. The molecule has 2 amide bonds. The van der Waals surface area contributed by atoms with E-state index in [0.29, 0.717) is 39.1 Å². The van der Waals surface area contributed by atoms with Crippen molar-refractivity contribution in [3.05, 3.63) is 29.8 Å². The Bertz CT molecular complexity index is 623. The van der Waals surface area contributed by atoms with Crippen molar-refractivity contribution in [1.82, 2.24) is 4.90 Å². The smallest absolute Gasteiger partial charge is 0.248 e. The summed E-state index contributed by atoms with van der Waals surface area (Å²) in [6.07, 6.45) is 1.31. The van der Waals surface area contributed by atoms with Gasteiger partial charge in [0, 0.05) is 39.5 Å². The maximum absolute atomic E-state index is 13.2. The van der Waals surface area contributed by atoms with Gasteiger partial charge in [-0.05, 0) is 24.5 Å². The lowest BCUT2D eigenvalue weighted by atomic mass is 9.73. The third kappa shape index (κ3) is 2.70. The first-order valence-electron chi connectivity index (χ1n) is 8.31. The third-order valence-corrected chi connectivity index (χ3v) is 5.12. The third-order valence-electron chi connectivity index (χ3n) is 5.12. The Kier molecular flexibility index (Phi) is 4.87. The number of para-hydroxylation sites is 1. The van der Waals surface area contributed by atoms with Crippen LogP contribution in [-0.2, 0) is 24.5 Å². The number of anilines is 1. The van der Waals surface area contributed by atoms with Crippen LogP contribution in [0.2, 0.25) is 0 Å². The topological polar surface area (TPSA) is 59.1 Å². The van der Waals surface area contributed by atoms with Crippen LogP contribution < -0.4 is 4.90 Å². The molecule has 6 nitrogen and oxygen atoms in total. The Morgan fingerprint density at radius 3 is 2.54 bits per heavy atom. The second-order valence-corrected chi connectivity index (χ2v) is 6.36. The van der Waals surface area contributed by atoms with Crippen LogP contribution in [0.1, 0.15) is 18.4 Å². The van der Waals surface area contributed by atoms with Crippen LogP contribution in [0.4, 0.5) is 5.69 Å². The molecule has 6 heteroatoms. The van der Waals surface area contributed by atoms with Gasteiger partial charge in [0.15, 0.2) is 0 Å². The van der Waals surface area contributed by atoms with Crippen molar-refractivity contribution in [3.8, 4) is 0 Å². The number of amides is 2. The van der Waals surface area contributed by atoms with E-state index in [-0.39, 0.29) is 18.4 Å². The van der Waals surface area contributed by atoms with Gasteiger partial charge < -0.3 is 19.3 Å². The molecule has 2 aliphatic heterocycles. The molecule has 0 N–H and O–H groups in total. The summed E-state index contributed by atoms with van der Waals surface area (Å²) < 4.78 is 10.1. The maximum atomic E-state index is 13.2. The quantitative estimate of drug-likeness (QED) is 0.813. The minimum atomic E-state index is -0.506. The molecule has 2 aliphatic rings. The summed E-state index contributed by atoms with van der Waals surface area (Å²) in [5, 5.41) is 0. The van der Waals surface area contributed by atoms with Crippen molar-refractivity contribution in [2.24, 2.45) is 0 Å². The maximum Gasteiger partial charge on any atom is 0.248 e.